The highest BCUT2D eigenvalue weighted by Gasteiger charge is 2.35. The molecule has 0 spiro atoms. The average molecular weight is 327 g/mol. The lowest BCUT2D eigenvalue weighted by Gasteiger charge is -2.19. The van der Waals surface area contributed by atoms with Crippen LogP contribution in [0.25, 0.3) is 0 Å². The molecule has 5 nitrogen and oxygen atoms in total. The van der Waals surface area contributed by atoms with Gasteiger partial charge >= 0.3 is 6.18 Å². The number of halogens is 4. The van der Waals surface area contributed by atoms with E-state index >= 15 is 0 Å². The molecule has 0 aliphatic heterocycles. The number of hydrogen-bond acceptors (Lipinski definition) is 4. The molecular formula is C12H14ClF3N2O3. The molecule has 3 N–H and O–H groups in total. The van der Waals surface area contributed by atoms with E-state index in [0.29, 0.717) is 6.07 Å². The van der Waals surface area contributed by atoms with E-state index in [4.69, 9.17) is 11.6 Å². The summed E-state index contributed by atoms with van der Waals surface area (Å²) in [6.07, 6.45) is -6.68. The van der Waals surface area contributed by atoms with Crippen LogP contribution in [0, 0.1) is 0 Å². The molecule has 0 aliphatic rings. The quantitative estimate of drug-likeness (QED) is 0.719. The molecule has 0 saturated carbocycles. The van der Waals surface area contributed by atoms with Crippen LogP contribution in [0.3, 0.4) is 0 Å². The number of hydrogen-bond donors (Lipinski definition) is 3. The summed E-state index contributed by atoms with van der Waals surface area (Å²) < 4.78 is 38.0. The summed E-state index contributed by atoms with van der Waals surface area (Å²) in [6, 6.07) is 0.640. The van der Waals surface area contributed by atoms with Crippen LogP contribution in [0.2, 0.25) is 5.15 Å². The average Bonchev–Trinajstić information content (AvgIpc) is 2.36. The number of aromatic nitrogens is 1. The summed E-state index contributed by atoms with van der Waals surface area (Å²) >= 11 is 5.36. The first-order valence-electron chi connectivity index (χ1n) is 5.96. The summed E-state index contributed by atoms with van der Waals surface area (Å²) in [5, 5.41) is 21.2. The number of carbonyl (C=O) groups is 1. The molecule has 2 atom stereocenters. The summed E-state index contributed by atoms with van der Waals surface area (Å²) in [5.74, 6) is -0.316. The fraction of sp³-hybridized carbons (Fsp3) is 0.500. The zero-order valence-electron chi connectivity index (χ0n) is 11.0. The van der Waals surface area contributed by atoms with Crippen molar-refractivity contribution in [1.82, 2.24) is 10.3 Å². The summed E-state index contributed by atoms with van der Waals surface area (Å²) in [5.41, 5.74) is -1.39. The van der Waals surface area contributed by atoms with Crippen LogP contribution in [0.15, 0.2) is 12.3 Å². The first-order chi connectivity index (χ1) is 9.62. The third-order valence-electron chi connectivity index (χ3n) is 2.69. The Labute approximate surface area is 123 Å². The molecule has 1 heterocycles. The molecule has 0 aromatic carbocycles. The minimum Gasteiger partial charge on any atom is -0.390 e. The fourth-order valence-corrected chi connectivity index (χ4v) is 1.81. The number of amides is 1. The van der Waals surface area contributed by atoms with Crippen molar-refractivity contribution in [3.8, 4) is 0 Å². The monoisotopic (exact) mass is 326 g/mol. The molecule has 1 rings (SSSR count). The Morgan fingerprint density at radius 1 is 1.48 bits per heavy atom. The maximum absolute atomic E-state index is 12.7. The van der Waals surface area contributed by atoms with Crippen LogP contribution < -0.4 is 5.32 Å². The molecule has 2 unspecified atom stereocenters. The van der Waals surface area contributed by atoms with Crippen LogP contribution in [-0.4, -0.2) is 33.8 Å². The highest BCUT2D eigenvalue weighted by molar-refractivity contribution is 6.30. The van der Waals surface area contributed by atoms with Crippen LogP contribution in [0.1, 0.15) is 30.6 Å². The first-order valence-corrected chi connectivity index (χ1v) is 6.34. The van der Waals surface area contributed by atoms with Gasteiger partial charge in [-0.3, -0.25) is 4.79 Å². The van der Waals surface area contributed by atoms with Gasteiger partial charge in [0.15, 0.2) is 0 Å². The summed E-state index contributed by atoms with van der Waals surface area (Å²) in [4.78, 5) is 14.0. The maximum atomic E-state index is 12.7. The van der Waals surface area contributed by atoms with E-state index in [2.05, 4.69) is 10.3 Å². The van der Waals surface area contributed by atoms with Crippen molar-refractivity contribution in [2.75, 3.05) is 6.54 Å². The molecule has 0 saturated heterocycles. The van der Waals surface area contributed by atoms with E-state index < -0.39 is 29.1 Å². The van der Waals surface area contributed by atoms with E-state index in [1.165, 1.54) is 6.92 Å². The van der Waals surface area contributed by atoms with E-state index in [-0.39, 0.29) is 24.4 Å². The van der Waals surface area contributed by atoms with Gasteiger partial charge in [0.2, 0.25) is 5.91 Å². The molecule has 1 amide bonds. The molecule has 1 aromatic rings. The Kier molecular flexibility index (Phi) is 5.94. The molecule has 118 valence electrons. The van der Waals surface area contributed by atoms with Crippen LogP contribution in [-0.2, 0) is 11.0 Å². The molecule has 0 bridgehead atoms. The van der Waals surface area contributed by atoms with Gasteiger partial charge in [0, 0.05) is 25.2 Å². The van der Waals surface area contributed by atoms with E-state index in [9.17, 15) is 28.2 Å². The number of aliphatic hydroxyl groups excluding tert-OH is 2. The van der Waals surface area contributed by atoms with Crippen LogP contribution in [0.4, 0.5) is 13.2 Å². The Morgan fingerprint density at radius 3 is 2.62 bits per heavy atom. The van der Waals surface area contributed by atoms with Crippen LogP contribution >= 0.6 is 11.6 Å². The van der Waals surface area contributed by atoms with Gasteiger partial charge in [-0.05, 0) is 12.5 Å². The SMILES string of the molecule is CC(=O)NCCC(O)C(O)c1cnc(Cl)c(C(F)(F)F)c1. The van der Waals surface area contributed by atoms with Crippen molar-refractivity contribution in [3.05, 3.63) is 28.5 Å². The third kappa shape index (κ3) is 5.14. The standard InChI is InChI=1S/C12H14ClF3N2O3/c1-6(19)17-3-2-9(20)10(21)7-4-8(12(14,15)16)11(13)18-5-7/h4-5,9-10,20-21H,2-3H2,1H3,(H,17,19). The van der Waals surface area contributed by atoms with Gasteiger partial charge in [-0.25, -0.2) is 4.98 Å². The number of nitrogens with one attached hydrogen (secondary N) is 1. The van der Waals surface area contributed by atoms with Gasteiger partial charge in [0.05, 0.1) is 11.7 Å². The van der Waals surface area contributed by atoms with Gasteiger partial charge in [-0.2, -0.15) is 13.2 Å². The van der Waals surface area contributed by atoms with Crippen molar-refractivity contribution in [2.24, 2.45) is 0 Å². The summed E-state index contributed by atoms with van der Waals surface area (Å²) in [7, 11) is 0. The number of pyridine rings is 1. The number of alkyl halides is 3. The van der Waals surface area contributed by atoms with Crippen LogP contribution in [0.5, 0.6) is 0 Å². The predicted molar refractivity (Wildman–Crippen MR) is 68.5 cm³/mol. The summed E-state index contributed by atoms with van der Waals surface area (Å²) in [6.45, 7) is 1.36. The van der Waals surface area contributed by atoms with Crippen molar-refractivity contribution in [3.63, 3.8) is 0 Å². The first kappa shape index (κ1) is 17.7. The van der Waals surface area contributed by atoms with Gasteiger partial charge in [-0.15, -0.1) is 0 Å². The zero-order valence-corrected chi connectivity index (χ0v) is 11.7. The lowest BCUT2D eigenvalue weighted by atomic mass is 10.0. The Balaban J connectivity index is 2.82. The molecular weight excluding hydrogens is 313 g/mol. The van der Waals surface area contributed by atoms with Crippen molar-refractivity contribution >= 4 is 17.5 Å². The second-order valence-corrected chi connectivity index (χ2v) is 4.75. The second-order valence-electron chi connectivity index (χ2n) is 4.39. The minimum atomic E-state index is -4.71. The number of nitrogens with zero attached hydrogens (tertiary/aromatic N) is 1. The van der Waals surface area contributed by atoms with E-state index in [1.54, 1.807) is 0 Å². The minimum absolute atomic E-state index is 0.0231. The van der Waals surface area contributed by atoms with E-state index in [1.807, 2.05) is 0 Å². The molecule has 0 aliphatic carbocycles. The lowest BCUT2D eigenvalue weighted by molar-refractivity contribution is -0.137. The third-order valence-corrected chi connectivity index (χ3v) is 2.99. The molecule has 21 heavy (non-hydrogen) atoms. The normalized spacial score (nSPS) is 14.6. The molecule has 0 fully saturated rings. The van der Waals surface area contributed by atoms with E-state index in [0.717, 1.165) is 6.20 Å². The van der Waals surface area contributed by atoms with Crippen molar-refractivity contribution < 1.29 is 28.2 Å². The molecule has 9 heteroatoms. The fourth-order valence-electron chi connectivity index (χ4n) is 1.60. The lowest BCUT2D eigenvalue weighted by Crippen LogP contribution is -2.27. The molecule has 0 radical (unpaired) electrons. The number of aliphatic hydroxyl groups is 2. The second kappa shape index (κ2) is 7.06. The highest BCUT2D eigenvalue weighted by atomic mass is 35.5. The van der Waals surface area contributed by atoms with Gasteiger partial charge in [0.1, 0.15) is 11.3 Å². The Bertz CT molecular complexity index is 511. The Hall–Kier alpha value is -1.38. The van der Waals surface area contributed by atoms with Gasteiger partial charge in [-0.1, -0.05) is 11.6 Å². The predicted octanol–water partition coefficient (Wildman–Crippen LogP) is 1.67. The smallest absolute Gasteiger partial charge is 0.390 e. The zero-order chi connectivity index (χ0) is 16.2. The number of rotatable bonds is 5. The Morgan fingerprint density at radius 2 is 2.10 bits per heavy atom. The number of carbonyl (C=O) groups excluding carboxylic acids is 1. The topological polar surface area (TPSA) is 82.5 Å². The largest absolute Gasteiger partial charge is 0.419 e. The van der Waals surface area contributed by atoms with Crippen molar-refractivity contribution in [1.29, 1.82) is 0 Å². The van der Waals surface area contributed by atoms with Crippen molar-refractivity contribution in [2.45, 2.75) is 31.7 Å². The maximum Gasteiger partial charge on any atom is 0.419 e. The highest BCUT2D eigenvalue weighted by Crippen LogP contribution is 2.35. The van der Waals surface area contributed by atoms with Gasteiger partial charge < -0.3 is 15.5 Å². The molecule has 1 aromatic heterocycles. The van der Waals surface area contributed by atoms with Gasteiger partial charge in [0.25, 0.3) is 0 Å².